The summed E-state index contributed by atoms with van der Waals surface area (Å²) >= 11 is 5.73. The Morgan fingerprint density at radius 3 is 2.46 bits per heavy atom. The zero-order valence-corrected chi connectivity index (χ0v) is 15.3. The van der Waals surface area contributed by atoms with E-state index < -0.39 is 18.3 Å². The number of nitrogens with zero attached hydrogens (tertiary/aromatic N) is 2. The molecule has 0 aromatic carbocycles. The Labute approximate surface area is 147 Å². The van der Waals surface area contributed by atoms with Gasteiger partial charge in [0.05, 0.1) is 11.2 Å². The van der Waals surface area contributed by atoms with Crippen LogP contribution in [-0.2, 0) is 14.1 Å². The Morgan fingerprint density at radius 1 is 1.38 bits per heavy atom. The molecule has 0 unspecified atom stereocenters. The van der Waals surface area contributed by atoms with Gasteiger partial charge in [-0.25, -0.2) is 9.97 Å². The van der Waals surface area contributed by atoms with Crippen LogP contribution in [0.2, 0.25) is 5.28 Å². The van der Waals surface area contributed by atoms with Crippen LogP contribution < -0.4 is 11.1 Å². The van der Waals surface area contributed by atoms with Crippen molar-refractivity contribution < 1.29 is 14.1 Å². The second kappa shape index (κ2) is 6.70. The van der Waals surface area contributed by atoms with Crippen molar-refractivity contribution in [2.45, 2.75) is 45.8 Å². The summed E-state index contributed by atoms with van der Waals surface area (Å²) in [6.07, 6.45) is 3.27. The van der Waals surface area contributed by atoms with Crippen molar-refractivity contribution in [1.29, 1.82) is 0 Å². The molecular weight excluding hydrogens is 330 g/mol. The first-order valence-corrected chi connectivity index (χ1v) is 7.98. The highest BCUT2D eigenvalue weighted by Gasteiger charge is 2.52. The number of nitrogen functional groups attached to an aromatic ring is 1. The average Bonchev–Trinajstić information content (AvgIpc) is 2.65. The molecule has 0 atom stereocenters. The average molecular weight is 353 g/mol. The predicted molar refractivity (Wildman–Crippen MR) is 94.2 cm³/mol. The van der Waals surface area contributed by atoms with E-state index in [1.54, 1.807) is 6.08 Å². The Hall–Kier alpha value is -1.64. The molecule has 1 aromatic rings. The van der Waals surface area contributed by atoms with Gasteiger partial charge in [0.1, 0.15) is 5.82 Å². The maximum Gasteiger partial charge on any atom is 0.492 e. The minimum Gasteiger partial charge on any atom is -0.400 e. The fourth-order valence-corrected chi connectivity index (χ4v) is 2.26. The molecule has 0 spiro atoms. The summed E-state index contributed by atoms with van der Waals surface area (Å²) in [4.78, 5) is 19.2. The number of carbonyl (C=O) groups is 1. The van der Waals surface area contributed by atoms with E-state index in [2.05, 4.69) is 15.3 Å². The standard InChI is InChI=1S/C15H22BClN4O3/c1-9(22)19-8-11(6-10-7-20-13(17)21-12(10)18)16-23-14(2,3)15(4,5)24-16/h6-7H,8H2,1-5H3,(H,19,22)(H2,18,20,21). The van der Waals surface area contributed by atoms with Gasteiger partial charge in [-0.1, -0.05) is 6.08 Å². The summed E-state index contributed by atoms with van der Waals surface area (Å²) in [6, 6.07) is 0. The second-order valence-electron chi connectivity index (χ2n) is 6.70. The molecule has 1 fully saturated rings. The fraction of sp³-hybridized carbons (Fsp3) is 0.533. The van der Waals surface area contributed by atoms with Gasteiger partial charge in [-0.2, -0.15) is 0 Å². The Balaban J connectivity index is 2.35. The summed E-state index contributed by atoms with van der Waals surface area (Å²) in [5, 5.41) is 2.83. The minimum atomic E-state index is -0.614. The lowest BCUT2D eigenvalue weighted by atomic mass is 9.77. The molecule has 0 radical (unpaired) electrons. The monoisotopic (exact) mass is 352 g/mol. The van der Waals surface area contributed by atoms with E-state index >= 15 is 0 Å². The molecule has 1 saturated heterocycles. The maximum absolute atomic E-state index is 11.3. The van der Waals surface area contributed by atoms with Crippen LogP contribution in [0.5, 0.6) is 0 Å². The molecule has 2 rings (SSSR count). The number of aromatic nitrogens is 2. The molecule has 24 heavy (non-hydrogen) atoms. The smallest absolute Gasteiger partial charge is 0.400 e. The maximum atomic E-state index is 11.3. The molecule has 9 heteroatoms. The van der Waals surface area contributed by atoms with Crippen molar-refractivity contribution in [2.24, 2.45) is 0 Å². The molecule has 0 aliphatic carbocycles. The number of nitrogens with one attached hydrogen (secondary N) is 1. The van der Waals surface area contributed by atoms with Gasteiger partial charge in [-0.05, 0) is 44.8 Å². The lowest BCUT2D eigenvalue weighted by Gasteiger charge is -2.32. The summed E-state index contributed by atoms with van der Waals surface area (Å²) in [7, 11) is -0.614. The van der Waals surface area contributed by atoms with E-state index in [1.165, 1.54) is 13.1 Å². The summed E-state index contributed by atoms with van der Waals surface area (Å²) < 4.78 is 12.1. The third-order valence-electron chi connectivity index (χ3n) is 4.26. The number of hydrogen-bond donors (Lipinski definition) is 2. The van der Waals surface area contributed by atoms with Crippen molar-refractivity contribution in [3.8, 4) is 0 Å². The van der Waals surface area contributed by atoms with E-state index in [9.17, 15) is 4.79 Å². The zero-order valence-electron chi connectivity index (χ0n) is 14.5. The molecule has 1 amide bonds. The van der Waals surface area contributed by atoms with Crippen molar-refractivity contribution in [1.82, 2.24) is 15.3 Å². The first-order chi connectivity index (χ1) is 11.0. The number of halogens is 1. The van der Waals surface area contributed by atoms with E-state index in [1.807, 2.05) is 27.7 Å². The Morgan fingerprint density at radius 2 is 1.96 bits per heavy atom. The summed E-state index contributed by atoms with van der Waals surface area (Å²) in [6.45, 7) is 9.55. The van der Waals surface area contributed by atoms with Gasteiger partial charge < -0.3 is 20.4 Å². The minimum absolute atomic E-state index is 0.0729. The van der Waals surface area contributed by atoms with Gasteiger partial charge in [0.2, 0.25) is 11.2 Å². The van der Waals surface area contributed by atoms with Crippen molar-refractivity contribution >= 4 is 36.5 Å². The predicted octanol–water partition coefficient (Wildman–Crippen LogP) is 1.86. The largest absolute Gasteiger partial charge is 0.492 e. The number of anilines is 1. The van der Waals surface area contributed by atoms with Gasteiger partial charge in [0, 0.05) is 25.2 Å². The van der Waals surface area contributed by atoms with Crippen LogP contribution in [0.1, 0.15) is 40.2 Å². The molecule has 0 bridgehead atoms. The molecule has 0 saturated carbocycles. The SMILES string of the molecule is CC(=O)NCC(=Cc1cnc(Cl)nc1N)B1OC(C)(C)C(C)(C)O1. The first-order valence-electron chi connectivity index (χ1n) is 7.60. The molecule has 1 aromatic heterocycles. The Kier molecular flexibility index (Phi) is 5.22. The fourth-order valence-electron chi connectivity index (χ4n) is 2.12. The highest BCUT2D eigenvalue weighted by molar-refractivity contribution is 6.56. The highest BCUT2D eigenvalue weighted by Crippen LogP contribution is 2.38. The van der Waals surface area contributed by atoms with Crippen LogP contribution in [0.25, 0.3) is 6.08 Å². The summed E-state index contributed by atoms with van der Waals surface area (Å²) in [5.41, 5.74) is 6.19. The van der Waals surface area contributed by atoms with E-state index in [0.29, 0.717) is 11.0 Å². The van der Waals surface area contributed by atoms with Crippen molar-refractivity contribution in [3.63, 3.8) is 0 Å². The third-order valence-corrected chi connectivity index (χ3v) is 4.44. The van der Waals surface area contributed by atoms with Gasteiger partial charge in [0.25, 0.3) is 0 Å². The van der Waals surface area contributed by atoms with Gasteiger partial charge in [0.15, 0.2) is 0 Å². The number of rotatable bonds is 4. The second-order valence-corrected chi connectivity index (χ2v) is 7.03. The molecule has 7 nitrogen and oxygen atoms in total. The van der Waals surface area contributed by atoms with E-state index in [4.69, 9.17) is 26.6 Å². The molecule has 1 aliphatic heterocycles. The highest BCUT2D eigenvalue weighted by atomic mass is 35.5. The van der Waals surface area contributed by atoms with Crippen LogP contribution in [0, 0.1) is 0 Å². The number of hydrogen-bond acceptors (Lipinski definition) is 6. The van der Waals surface area contributed by atoms with Gasteiger partial charge in [-0.3, -0.25) is 4.79 Å². The van der Waals surface area contributed by atoms with E-state index in [-0.39, 0.29) is 23.6 Å². The topological polar surface area (TPSA) is 99.4 Å². The quantitative estimate of drug-likeness (QED) is 0.634. The third kappa shape index (κ3) is 4.06. The van der Waals surface area contributed by atoms with Crippen LogP contribution in [0.15, 0.2) is 11.7 Å². The summed E-state index contributed by atoms with van der Waals surface area (Å²) in [5.74, 6) is 0.0876. The lowest BCUT2D eigenvalue weighted by Crippen LogP contribution is -2.41. The normalized spacial score (nSPS) is 19.4. The molecular formula is C15H22BClN4O3. The number of carbonyl (C=O) groups excluding carboxylic acids is 1. The van der Waals surface area contributed by atoms with Crippen molar-refractivity contribution in [3.05, 3.63) is 22.5 Å². The van der Waals surface area contributed by atoms with Crippen LogP contribution in [-0.4, -0.2) is 40.7 Å². The van der Waals surface area contributed by atoms with Crippen molar-refractivity contribution in [2.75, 3.05) is 12.3 Å². The zero-order chi connectivity index (χ0) is 18.1. The number of amides is 1. The lowest BCUT2D eigenvalue weighted by molar-refractivity contribution is -0.118. The molecule has 1 aliphatic rings. The van der Waals surface area contributed by atoms with Crippen LogP contribution in [0.3, 0.4) is 0 Å². The van der Waals surface area contributed by atoms with Crippen LogP contribution >= 0.6 is 11.6 Å². The first kappa shape index (κ1) is 18.7. The van der Waals surface area contributed by atoms with Crippen LogP contribution in [0.4, 0.5) is 5.82 Å². The van der Waals surface area contributed by atoms with E-state index in [0.717, 1.165) is 0 Å². The molecule has 3 N–H and O–H groups in total. The number of nitrogens with two attached hydrogens (primary N) is 1. The van der Waals surface area contributed by atoms with Gasteiger partial charge in [-0.15, -0.1) is 0 Å². The Bertz CT molecular complexity index is 663. The van der Waals surface area contributed by atoms with Gasteiger partial charge >= 0.3 is 7.12 Å². The molecule has 130 valence electrons. The molecule has 2 heterocycles.